The number of nitrogens with two attached hydrogens (primary N) is 1. The molecular weight excluding hydrogens is 192 g/mol. The van der Waals surface area contributed by atoms with Crippen LogP contribution in [0.4, 0.5) is 0 Å². The molecule has 15 heavy (non-hydrogen) atoms. The molecule has 0 fully saturated rings. The van der Waals surface area contributed by atoms with E-state index in [2.05, 4.69) is 18.9 Å². The zero-order chi connectivity index (χ0) is 11.3. The predicted octanol–water partition coefficient (Wildman–Crippen LogP) is 1.21. The molecule has 86 valence electrons. The van der Waals surface area contributed by atoms with Crippen LogP contribution in [0.3, 0.4) is 0 Å². The topological polar surface area (TPSA) is 51.6 Å². The molecule has 1 aromatic heterocycles. The van der Waals surface area contributed by atoms with Crippen LogP contribution in [0.1, 0.15) is 18.2 Å². The summed E-state index contributed by atoms with van der Waals surface area (Å²) in [7, 11) is 3.78. The van der Waals surface area contributed by atoms with E-state index in [1.54, 1.807) is 13.4 Å². The molecule has 0 aliphatic carbocycles. The number of rotatable bonds is 6. The molecule has 0 amide bonds. The van der Waals surface area contributed by atoms with Crippen molar-refractivity contribution < 1.29 is 9.15 Å². The van der Waals surface area contributed by atoms with Crippen LogP contribution in [0.15, 0.2) is 16.7 Å². The first-order chi connectivity index (χ1) is 7.19. The lowest BCUT2D eigenvalue weighted by molar-refractivity contribution is 0.111. The summed E-state index contributed by atoms with van der Waals surface area (Å²) in [4.78, 5) is 2.22. The van der Waals surface area contributed by atoms with Gasteiger partial charge in [0.25, 0.3) is 0 Å². The lowest BCUT2D eigenvalue weighted by Gasteiger charge is -2.23. The van der Waals surface area contributed by atoms with Crippen molar-refractivity contribution in [2.24, 2.45) is 5.73 Å². The van der Waals surface area contributed by atoms with Crippen molar-refractivity contribution in [2.75, 3.05) is 20.8 Å². The third-order valence-electron chi connectivity index (χ3n) is 2.60. The molecule has 1 unspecified atom stereocenters. The van der Waals surface area contributed by atoms with E-state index in [-0.39, 0.29) is 0 Å². The Morgan fingerprint density at radius 3 is 2.93 bits per heavy atom. The molecule has 4 nitrogen and oxygen atoms in total. The molecule has 1 atom stereocenters. The number of nitrogens with zero attached hydrogens (tertiary/aromatic N) is 1. The van der Waals surface area contributed by atoms with Crippen LogP contribution in [0, 0.1) is 0 Å². The highest BCUT2D eigenvalue weighted by Crippen LogP contribution is 2.13. The zero-order valence-corrected chi connectivity index (χ0v) is 9.69. The van der Waals surface area contributed by atoms with E-state index in [1.165, 1.54) is 0 Å². The van der Waals surface area contributed by atoms with Gasteiger partial charge in [-0.3, -0.25) is 4.90 Å². The van der Waals surface area contributed by atoms with Crippen LogP contribution in [0.25, 0.3) is 0 Å². The summed E-state index contributed by atoms with van der Waals surface area (Å²) in [5, 5.41) is 0. The summed E-state index contributed by atoms with van der Waals surface area (Å²) in [5.74, 6) is 0.867. The van der Waals surface area contributed by atoms with E-state index in [0.29, 0.717) is 12.6 Å². The molecule has 0 radical (unpaired) electrons. The Bertz CT molecular complexity index is 286. The predicted molar refractivity (Wildman–Crippen MR) is 59.4 cm³/mol. The molecule has 0 bridgehead atoms. The Labute approximate surface area is 91.0 Å². The van der Waals surface area contributed by atoms with E-state index < -0.39 is 0 Å². The third-order valence-corrected chi connectivity index (χ3v) is 2.60. The summed E-state index contributed by atoms with van der Waals surface area (Å²) >= 11 is 0. The number of furan rings is 1. The Morgan fingerprint density at radius 2 is 2.33 bits per heavy atom. The lowest BCUT2D eigenvalue weighted by atomic mass is 10.2. The molecule has 0 aliphatic rings. The van der Waals surface area contributed by atoms with Crippen molar-refractivity contribution in [1.29, 1.82) is 0 Å². The van der Waals surface area contributed by atoms with Gasteiger partial charge in [0.05, 0.1) is 19.4 Å². The zero-order valence-electron chi connectivity index (χ0n) is 9.69. The molecule has 0 saturated heterocycles. The van der Waals surface area contributed by atoms with Crippen LogP contribution < -0.4 is 5.73 Å². The summed E-state index contributed by atoms with van der Waals surface area (Å²) in [6, 6.07) is 2.36. The Balaban J connectivity index is 2.53. The lowest BCUT2D eigenvalue weighted by Crippen LogP contribution is -2.32. The van der Waals surface area contributed by atoms with Gasteiger partial charge in [0.1, 0.15) is 5.76 Å². The Kier molecular flexibility index (Phi) is 4.81. The normalized spacial score (nSPS) is 13.4. The fourth-order valence-corrected chi connectivity index (χ4v) is 1.48. The second-order valence-electron chi connectivity index (χ2n) is 3.79. The number of methoxy groups -OCH3 is 1. The molecule has 0 aromatic carbocycles. The van der Waals surface area contributed by atoms with Crippen LogP contribution in [0.2, 0.25) is 0 Å². The minimum atomic E-state index is 0.385. The van der Waals surface area contributed by atoms with Crippen LogP contribution in [-0.4, -0.2) is 31.7 Å². The molecule has 2 N–H and O–H groups in total. The van der Waals surface area contributed by atoms with Gasteiger partial charge in [-0.1, -0.05) is 0 Å². The number of ether oxygens (including phenoxy) is 1. The first-order valence-electron chi connectivity index (χ1n) is 5.13. The highest BCUT2D eigenvalue weighted by molar-refractivity contribution is 5.16. The van der Waals surface area contributed by atoms with Gasteiger partial charge in [0.15, 0.2) is 0 Å². The minimum absolute atomic E-state index is 0.385. The SMILES string of the molecule is COCC(C)N(C)Cc1ccoc1CN. The molecule has 0 spiro atoms. The van der Waals surface area contributed by atoms with Gasteiger partial charge in [0, 0.05) is 25.3 Å². The van der Waals surface area contributed by atoms with Crippen LogP contribution >= 0.6 is 0 Å². The maximum atomic E-state index is 5.57. The standard InChI is InChI=1S/C11H20N2O2/c1-9(8-14-3)13(2)7-10-4-5-15-11(10)6-12/h4-5,9H,6-8,12H2,1-3H3. The van der Waals surface area contributed by atoms with E-state index in [4.69, 9.17) is 14.9 Å². The van der Waals surface area contributed by atoms with E-state index in [9.17, 15) is 0 Å². The monoisotopic (exact) mass is 212 g/mol. The minimum Gasteiger partial charge on any atom is -0.468 e. The molecular formula is C11H20N2O2. The number of hydrogen-bond donors (Lipinski definition) is 1. The van der Waals surface area contributed by atoms with Crippen molar-refractivity contribution in [2.45, 2.75) is 26.1 Å². The quantitative estimate of drug-likeness (QED) is 0.770. The number of hydrogen-bond acceptors (Lipinski definition) is 4. The van der Waals surface area contributed by atoms with Crippen LogP contribution in [-0.2, 0) is 17.8 Å². The summed E-state index contributed by atoms with van der Waals surface area (Å²) < 4.78 is 10.4. The molecule has 0 aliphatic heterocycles. The van der Waals surface area contributed by atoms with Crippen molar-refractivity contribution in [3.63, 3.8) is 0 Å². The van der Waals surface area contributed by atoms with Crippen molar-refractivity contribution in [3.8, 4) is 0 Å². The fraction of sp³-hybridized carbons (Fsp3) is 0.636. The number of likely N-dealkylation sites (N-methyl/N-ethyl adjacent to an activating group) is 1. The summed E-state index contributed by atoms with van der Waals surface area (Å²) in [6.45, 7) is 4.15. The summed E-state index contributed by atoms with van der Waals surface area (Å²) in [5.41, 5.74) is 6.72. The first kappa shape index (κ1) is 12.2. The van der Waals surface area contributed by atoms with Crippen LogP contribution in [0.5, 0.6) is 0 Å². The molecule has 1 heterocycles. The fourth-order valence-electron chi connectivity index (χ4n) is 1.48. The third kappa shape index (κ3) is 3.34. The van der Waals surface area contributed by atoms with Gasteiger partial charge in [-0.15, -0.1) is 0 Å². The van der Waals surface area contributed by atoms with Crippen molar-refractivity contribution in [1.82, 2.24) is 4.90 Å². The highest BCUT2D eigenvalue weighted by atomic mass is 16.5. The molecule has 4 heteroatoms. The average molecular weight is 212 g/mol. The van der Waals surface area contributed by atoms with Crippen molar-refractivity contribution in [3.05, 3.63) is 23.7 Å². The van der Waals surface area contributed by atoms with Gasteiger partial charge < -0.3 is 14.9 Å². The maximum Gasteiger partial charge on any atom is 0.121 e. The van der Waals surface area contributed by atoms with Gasteiger partial charge in [0.2, 0.25) is 0 Å². The smallest absolute Gasteiger partial charge is 0.121 e. The maximum absolute atomic E-state index is 5.57. The summed E-state index contributed by atoms with van der Waals surface area (Å²) in [6.07, 6.45) is 1.69. The van der Waals surface area contributed by atoms with Crippen molar-refractivity contribution >= 4 is 0 Å². The highest BCUT2D eigenvalue weighted by Gasteiger charge is 2.12. The van der Waals surface area contributed by atoms with Gasteiger partial charge >= 0.3 is 0 Å². The Morgan fingerprint density at radius 1 is 1.60 bits per heavy atom. The van der Waals surface area contributed by atoms with E-state index in [0.717, 1.165) is 24.5 Å². The Hall–Kier alpha value is -0.840. The van der Waals surface area contributed by atoms with Gasteiger partial charge in [-0.25, -0.2) is 0 Å². The van der Waals surface area contributed by atoms with Gasteiger partial charge in [-0.05, 0) is 20.0 Å². The second-order valence-corrected chi connectivity index (χ2v) is 3.79. The molecule has 1 rings (SSSR count). The first-order valence-corrected chi connectivity index (χ1v) is 5.13. The van der Waals surface area contributed by atoms with E-state index in [1.807, 2.05) is 6.07 Å². The second kappa shape index (κ2) is 5.90. The average Bonchev–Trinajstić information content (AvgIpc) is 2.65. The molecule has 1 aromatic rings. The van der Waals surface area contributed by atoms with E-state index >= 15 is 0 Å². The molecule has 0 saturated carbocycles. The van der Waals surface area contributed by atoms with Gasteiger partial charge in [-0.2, -0.15) is 0 Å². The largest absolute Gasteiger partial charge is 0.468 e.